The van der Waals surface area contributed by atoms with Crippen LogP contribution >= 0.6 is 23.8 Å². The molecule has 2 N–H and O–H groups in total. The van der Waals surface area contributed by atoms with Crippen molar-refractivity contribution in [3.8, 4) is 11.5 Å². The number of amides is 1. The van der Waals surface area contributed by atoms with Gasteiger partial charge in [0.05, 0.1) is 14.2 Å². The second-order valence-corrected chi connectivity index (χ2v) is 6.33. The number of carbonyl (C=O) groups excluding carboxylic acids is 1. The molecule has 0 saturated heterocycles. The molecule has 7 heteroatoms. The van der Waals surface area contributed by atoms with Crippen LogP contribution in [0.3, 0.4) is 0 Å². The first-order chi connectivity index (χ1) is 12.5. The number of hydrogen-bond acceptors (Lipinski definition) is 4. The number of nitrogens with one attached hydrogen (secondary N) is 2. The summed E-state index contributed by atoms with van der Waals surface area (Å²) in [5, 5.41) is 6.43. The predicted octanol–water partition coefficient (Wildman–Crippen LogP) is 3.48. The van der Waals surface area contributed by atoms with E-state index in [1.54, 1.807) is 26.4 Å². The molecule has 5 nitrogen and oxygen atoms in total. The van der Waals surface area contributed by atoms with Gasteiger partial charge in [-0.15, -0.1) is 0 Å². The van der Waals surface area contributed by atoms with Crippen molar-refractivity contribution < 1.29 is 14.3 Å². The monoisotopic (exact) mass is 392 g/mol. The van der Waals surface area contributed by atoms with Gasteiger partial charge in [0, 0.05) is 24.1 Å². The number of halogens is 1. The summed E-state index contributed by atoms with van der Waals surface area (Å²) in [6.07, 6.45) is 1.03. The Labute approximate surface area is 163 Å². The van der Waals surface area contributed by atoms with Gasteiger partial charge >= 0.3 is 0 Å². The molecule has 0 saturated carbocycles. The molecule has 0 fully saturated rings. The zero-order valence-electron chi connectivity index (χ0n) is 14.7. The van der Waals surface area contributed by atoms with Crippen molar-refractivity contribution in [3.05, 3.63) is 58.6 Å². The summed E-state index contributed by atoms with van der Waals surface area (Å²) in [5.41, 5.74) is 1.89. The van der Waals surface area contributed by atoms with Gasteiger partial charge in [0.2, 0.25) is 5.91 Å². The van der Waals surface area contributed by atoms with Crippen molar-refractivity contribution in [1.29, 1.82) is 0 Å². The molecule has 0 spiro atoms. The Morgan fingerprint density at radius 2 is 1.77 bits per heavy atom. The van der Waals surface area contributed by atoms with E-state index in [0.717, 1.165) is 11.1 Å². The largest absolute Gasteiger partial charge is 0.493 e. The minimum Gasteiger partial charge on any atom is -0.493 e. The summed E-state index contributed by atoms with van der Waals surface area (Å²) in [6, 6.07) is 13.3. The van der Waals surface area contributed by atoms with Gasteiger partial charge in [-0.3, -0.25) is 4.79 Å². The van der Waals surface area contributed by atoms with E-state index in [4.69, 9.17) is 33.3 Å². The molecule has 0 heterocycles. The minimum atomic E-state index is -0.134. The third-order valence-electron chi connectivity index (χ3n) is 3.73. The third kappa shape index (κ3) is 5.89. The standard InChI is InChI=1S/C19H21ClN2O3S/c1-24-16-10-14(15(20)11-17(16)25-2)12-21-19(26)22-18(23)9-8-13-6-4-3-5-7-13/h3-7,10-11H,8-9,12H2,1-2H3,(H2,21,22,23,26). The molecular weight excluding hydrogens is 372 g/mol. The molecular formula is C19H21ClN2O3S. The van der Waals surface area contributed by atoms with Crippen molar-refractivity contribution >= 4 is 34.8 Å². The average Bonchev–Trinajstić information content (AvgIpc) is 2.65. The zero-order chi connectivity index (χ0) is 18.9. The molecule has 0 aliphatic rings. The fraction of sp³-hybridized carbons (Fsp3) is 0.263. The number of hydrogen-bond donors (Lipinski definition) is 2. The van der Waals surface area contributed by atoms with E-state index in [9.17, 15) is 4.79 Å². The Hall–Kier alpha value is -2.31. The molecule has 0 aliphatic heterocycles. The Morgan fingerprint density at radius 1 is 1.12 bits per heavy atom. The number of aryl methyl sites for hydroxylation is 1. The molecule has 0 unspecified atom stereocenters. The van der Waals surface area contributed by atoms with Crippen molar-refractivity contribution in [2.45, 2.75) is 19.4 Å². The summed E-state index contributed by atoms with van der Waals surface area (Å²) in [4.78, 5) is 12.0. The molecule has 26 heavy (non-hydrogen) atoms. The lowest BCUT2D eigenvalue weighted by atomic mass is 10.1. The molecule has 0 atom stereocenters. The molecule has 0 aromatic heterocycles. The lowest BCUT2D eigenvalue weighted by molar-refractivity contribution is -0.119. The van der Waals surface area contributed by atoms with Crippen LogP contribution in [0.15, 0.2) is 42.5 Å². The fourth-order valence-electron chi connectivity index (χ4n) is 2.34. The third-order valence-corrected chi connectivity index (χ3v) is 4.33. The first kappa shape index (κ1) is 20.0. The summed E-state index contributed by atoms with van der Waals surface area (Å²) in [6.45, 7) is 0.358. The summed E-state index contributed by atoms with van der Waals surface area (Å²) in [5.74, 6) is 0.995. The number of methoxy groups -OCH3 is 2. The van der Waals surface area contributed by atoms with Crippen LogP contribution in [0.4, 0.5) is 0 Å². The normalized spacial score (nSPS) is 10.1. The summed E-state index contributed by atoms with van der Waals surface area (Å²) < 4.78 is 10.5. The van der Waals surface area contributed by atoms with E-state index in [0.29, 0.717) is 35.9 Å². The second-order valence-electron chi connectivity index (χ2n) is 5.52. The molecule has 2 aromatic rings. The van der Waals surface area contributed by atoms with Crippen molar-refractivity contribution in [2.75, 3.05) is 14.2 Å². The second kappa shape index (κ2) is 9.99. The van der Waals surface area contributed by atoms with Crippen LogP contribution in [0.2, 0.25) is 5.02 Å². The highest BCUT2D eigenvalue weighted by molar-refractivity contribution is 7.80. The number of rotatable bonds is 7. The van der Waals surface area contributed by atoms with E-state index in [1.165, 1.54) is 0 Å². The van der Waals surface area contributed by atoms with Gasteiger partial charge in [0.25, 0.3) is 0 Å². The molecule has 0 bridgehead atoms. The van der Waals surface area contributed by atoms with Gasteiger partial charge in [-0.05, 0) is 35.8 Å². The van der Waals surface area contributed by atoms with Crippen molar-refractivity contribution in [1.82, 2.24) is 10.6 Å². The van der Waals surface area contributed by atoms with Gasteiger partial charge in [-0.25, -0.2) is 0 Å². The van der Waals surface area contributed by atoms with E-state index < -0.39 is 0 Å². The summed E-state index contributed by atoms with van der Waals surface area (Å²) >= 11 is 11.4. The smallest absolute Gasteiger partial charge is 0.226 e. The molecule has 1 amide bonds. The highest BCUT2D eigenvalue weighted by Crippen LogP contribution is 2.32. The van der Waals surface area contributed by atoms with Gasteiger partial charge in [0.1, 0.15) is 0 Å². The van der Waals surface area contributed by atoms with Gasteiger partial charge in [-0.2, -0.15) is 0 Å². The number of benzene rings is 2. The molecule has 138 valence electrons. The Morgan fingerprint density at radius 3 is 2.42 bits per heavy atom. The Balaban J connectivity index is 1.83. The van der Waals surface area contributed by atoms with Gasteiger partial charge < -0.3 is 20.1 Å². The average molecular weight is 393 g/mol. The van der Waals surface area contributed by atoms with E-state index in [1.807, 2.05) is 30.3 Å². The van der Waals surface area contributed by atoms with Crippen LogP contribution in [0.5, 0.6) is 11.5 Å². The first-order valence-corrected chi connectivity index (χ1v) is 8.84. The maximum Gasteiger partial charge on any atom is 0.226 e. The fourth-order valence-corrected chi connectivity index (χ4v) is 2.75. The topological polar surface area (TPSA) is 59.6 Å². The van der Waals surface area contributed by atoms with Gasteiger partial charge in [0.15, 0.2) is 16.6 Å². The van der Waals surface area contributed by atoms with Gasteiger partial charge in [-0.1, -0.05) is 41.9 Å². The van der Waals surface area contributed by atoms with Crippen LogP contribution in [-0.4, -0.2) is 25.2 Å². The van der Waals surface area contributed by atoms with Crippen molar-refractivity contribution in [3.63, 3.8) is 0 Å². The molecule has 0 radical (unpaired) electrons. The minimum absolute atomic E-state index is 0.134. The molecule has 2 aromatic carbocycles. The number of carbonyl (C=O) groups is 1. The van der Waals surface area contributed by atoms with E-state index in [2.05, 4.69) is 10.6 Å². The van der Waals surface area contributed by atoms with E-state index >= 15 is 0 Å². The SMILES string of the molecule is COc1cc(Cl)c(CNC(=S)NC(=O)CCc2ccccc2)cc1OC. The number of thiocarbonyl (C=S) groups is 1. The highest BCUT2D eigenvalue weighted by Gasteiger charge is 2.11. The Kier molecular flexibility index (Phi) is 7.69. The molecule has 2 rings (SSSR count). The zero-order valence-corrected chi connectivity index (χ0v) is 16.2. The van der Waals surface area contributed by atoms with Crippen LogP contribution < -0.4 is 20.1 Å². The summed E-state index contributed by atoms with van der Waals surface area (Å²) in [7, 11) is 3.10. The lowest BCUT2D eigenvalue weighted by Crippen LogP contribution is -2.39. The van der Waals surface area contributed by atoms with Crippen molar-refractivity contribution in [2.24, 2.45) is 0 Å². The van der Waals surface area contributed by atoms with E-state index in [-0.39, 0.29) is 11.0 Å². The van der Waals surface area contributed by atoms with Crippen LogP contribution in [-0.2, 0) is 17.8 Å². The Bertz CT molecular complexity index is 769. The van der Waals surface area contributed by atoms with Crippen LogP contribution in [0, 0.1) is 0 Å². The lowest BCUT2D eigenvalue weighted by Gasteiger charge is -2.13. The van der Waals surface area contributed by atoms with Crippen LogP contribution in [0.1, 0.15) is 17.5 Å². The molecule has 0 aliphatic carbocycles. The van der Waals surface area contributed by atoms with Crippen LogP contribution in [0.25, 0.3) is 0 Å². The quantitative estimate of drug-likeness (QED) is 0.706. The first-order valence-electron chi connectivity index (χ1n) is 8.05. The maximum atomic E-state index is 12.0. The maximum absolute atomic E-state index is 12.0. The highest BCUT2D eigenvalue weighted by atomic mass is 35.5. The predicted molar refractivity (Wildman–Crippen MR) is 107 cm³/mol. The number of ether oxygens (including phenoxy) is 2.